The molecule has 0 radical (unpaired) electrons. The van der Waals surface area contributed by atoms with Gasteiger partial charge in [0.1, 0.15) is 5.60 Å². The Morgan fingerprint density at radius 2 is 1.80 bits per heavy atom. The van der Waals surface area contributed by atoms with Crippen molar-refractivity contribution in [1.29, 1.82) is 0 Å². The van der Waals surface area contributed by atoms with E-state index in [1.165, 1.54) is 0 Å². The molecule has 2 aliphatic rings. The van der Waals surface area contributed by atoms with E-state index < -0.39 is 23.9 Å². The molecule has 3 rings (SSSR count). The number of aromatic nitrogens is 2. The Morgan fingerprint density at radius 1 is 1.20 bits per heavy atom. The van der Waals surface area contributed by atoms with Crippen molar-refractivity contribution in [3.63, 3.8) is 0 Å². The lowest BCUT2D eigenvalue weighted by Gasteiger charge is -2.36. The Hall–Kier alpha value is -1.87. The van der Waals surface area contributed by atoms with Crippen LogP contribution in [0.2, 0.25) is 0 Å². The maximum Gasteiger partial charge on any atom is 0.498 e. The van der Waals surface area contributed by atoms with Crippen LogP contribution in [0.1, 0.15) is 67.7 Å². The van der Waals surface area contributed by atoms with E-state index in [0.29, 0.717) is 19.0 Å². The minimum atomic E-state index is -0.501. The van der Waals surface area contributed by atoms with Crippen LogP contribution in [0.5, 0.6) is 0 Å². The highest BCUT2D eigenvalue weighted by atomic mass is 16.7. The normalized spacial score (nSPS) is 23.4. The number of likely N-dealkylation sites (tertiary alicyclic amines) is 1. The Kier molecular flexibility index (Phi) is 6.34. The summed E-state index contributed by atoms with van der Waals surface area (Å²) in [6.07, 6.45) is 6.21. The predicted molar refractivity (Wildman–Crippen MR) is 117 cm³/mol. The first kappa shape index (κ1) is 22.8. The molecule has 1 unspecified atom stereocenters. The molecule has 166 valence electrons. The molecule has 0 aromatic carbocycles. The molecule has 3 heterocycles. The van der Waals surface area contributed by atoms with Gasteiger partial charge in [-0.25, -0.2) is 14.8 Å². The summed E-state index contributed by atoms with van der Waals surface area (Å²) in [5.74, 6) is 0.518. The van der Waals surface area contributed by atoms with Crippen LogP contribution in [-0.2, 0) is 14.0 Å². The molecule has 0 aliphatic carbocycles. The van der Waals surface area contributed by atoms with E-state index in [-0.39, 0.29) is 12.1 Å². The van der Waals surface area contributed by atoms with Gasteiger partial charge in [-0.3, -0.25) is 0 Å². The van der Waals surface area contributed by atoms with E-state index >= 15 is 0 Å². The Bertz CT molecular complexity index is 732. The van der Waals surface area contributed by atoms with Crippen LogP contribution in [-0.4, -0.2) is 64.0 Å². The van der Waals surface area contributed by atoms with E-state index in [4.69, 9.17) is 14.0 Å². The van der Waals surface area contributed by atoms with Gasteiger partial charge in [0, 0.05) is 30.9 Å². The molecule has 0 bridgehead atoms. The molecule has 0 spiro atoms. The molecule has 1 aromatic rings. The minimum absolute atomic E-state index is 0.0555. The number of rotatable bonds is 4. The van der Waals surface area contributed by atoms with E-state index in [1.807, 2.05) is 53.4 Å². The van der Waals surface area contributed by atoms with Crippen molar-refractivity contribution < 1.29 is 18.8 Å². The average Bonchev–Trinajstić information content (AvgIpc) is 2.86. The van der Waals surface area contributed by atoms with Crippen LogP contribution in [0.3, 0.4) is 0 Å². The largest absolute Gasteiger partial charge is 0.498 e. The summed E-state index contributed by atoms with van der Waals surface area (Å²) in [6, 6.07) is 0.0555. The third-order valence-electron chi connectivity index (χ3n) is 5.95. The van der Waals surface area contributed by atoms with Crippen molar-refractivity contribution >= 4 is 24.6 Å². The van der Waals surface area contributed by atoms with Gasteiger partial charge in [0.2, 0.25) is 5.95 Å². The maximum absolute atomic E-state index is 12.5. The van der Waals surface area contributed by atoms with E-state index in [9.17, 15) is 4.79 Å². The minimum Gasteiger partial charge on any atom is -0.444 e. The predicted octanol–water partition coefficient (Wildman–Crippen LogP) is 2.98. The second-order valence-electron chi connectivity index (χ2n) is 10.1. The summed E-state index contributed by atoms with van der Waals surface area (Å²) in [6.45, 7) is 15.0. The lowest BCUT2D eigenvalue weighted by molar-refractivity contribution is 0.00578. The van der Waals surface area contributed by atoms with Crippen LogP contribution in [0.25, 0.3) is 0 Å². The van der Waals surface area contributed by atoms with Gasteiger partial charge >= 0.3 is 13.2 Å². The average molecular weight is 418 g/mol. The quantitative estimate of drug-likeness (QED) is 0.753. The summed E-state index contributed by atoms with van der Waals surface area (Å²) in [7, 11) is -0.481. The van der Waals surface area contributed by atoms with Crippen LogP contribution in [0.4, 0.5) is 10.7 Å². The number of hydrogen-bond donors (Lipinski definition) is 1. The molecule has 1 amide bonds. The van der Waals surface area contributed by atoms with Gasteiger partial charge < -0.3 is 24.3 Å². The molecule has 2 saturated heterocycles. The Balaban J connectivity index is 1.58. The van der Waals surface area contributed by atoms with E-state index in [2.05, 4.69) is 15.3 Å². The second-order valence-corrected chi connectivity index (χ2v) is 10.1. The highest BCUT2D eigenvalue weighted by molar-refractivity contribution is 6.61. The van der Waals surface area contributed by atoms with Gasteiger partial charge in [-0.2, -0.15) is 0 Å². The van der Waals surface area contributed by atoms with Gasteiger partial charge in [0.15, 0.2) is 0 Å². The second kappa shape index (κ2) is 8.34. The summed E-state index contributed by atoms with van der Waals surface area (Å²) in [5, 5.41) is 3.26. The fourth-order valence-corrected chi connectivity index (χ4v) is 3.51. The standard InChI is InChI=1S/C21H35BN4O4/c1-19(2,3)28-18(27)26-11-9-8-10-16(26)14-25-17-23-12-15(13-24-17)22-29-20(4,5)21(6,7)30-22/h12-13,16H,8-11,14H2,1-7H3,(H,23,24,25). The number of hydrogen-bond acceptors (Lipinski definition) is 7. The molecule has 2 fully saturated rings. The number of carbonyl (C=O) groups is 1. The van der Waals surface area contributed by atoms with Crippen LogP contribution in [0.15, 0.2) is 12.4 Å². The highest BCUT2D eigenvalue weighted by Crippen LogP contribution is 2.36. The lowest BCUT2D eigenvalue weighted by Crippen LogP contribution is -2.49. The Morgan fingerprint density at radius 3 is 2.37 bits per heavy atom. The number of nitrogens with one attached hydrogen (secondary N) is 1. The van der Waals surface area contributed by atoms with Crippen molar-refractivity contribution in [2.75, 3.05) is 18.4 Å². The van der Waals surface area contributed by atoms with Gasteiger partial charge in [-0.1, -0.05) is 0 Å². The van der Waals surface area contributed by atoms with Crippen LogP contribution < -0.4 is 10.8 Å². The fourth-order valence-electron chi connectivity index (χ4n) is 3.51. The van der Waals surface area contributed by atoms with Gasteiger partial charge in [-0.15, -0.1) is 0 Å². The molecule has 1 aromatic heterocycles. The molecule has 2 aliphatic heterocycles. The summed E-state index contributed by atoms with van der Waals surface area (Å²) < 4.78 is 17.7. The lowest BCUT2D eigenvalue weighted by atomic mass is 9.81. The SMILES string of the molecule is CC(C)(C)OC(=O)N1CCCCC1CNc1ncc(B2OC(C)(C)C(C)(C)O2)cn1. The van der Waals surface area contributed by atoms with Crippen molar-refractivity contribution in [1.82, 2.24) is 14.9 Å². The third-order valence-corrected chi connectivity index (χ3v) is 5.95. The number of piperidine rings is 1. The first-order chi connectivity index (χ1) is 13.9. The number of carbonyl (C=O) groups excluding carboxylic acids is 1. The zero-order valence-corrected chi connectivity index (χ0v) is 19.3. The summed E-state index contributed by atoms with van der Waals surface area (Å²) in [4.78, 5) is 23.2. The molecule has 1 N–H and O–H groups in total. The molecule has 8 nitrogen and oxygen atoms in total. The van der Waals surface area contributed by atoms with Crippen molar-refractivity contribution in [3.05, 3.63) is 12.4 Å². The smallest absolute Gasteiger partial charge is 0.444 e. The zero-order chi connectivity index (χ0) is 22.2. The van der Waals surface area contributed by atoms with Gasteiger partial charge in [0.05, 0.1) is 17.2 Å². The zero-order valence-electron chi connectivity index (χ0n) is 19.3. The maximum atomic E-state index is 12.5. The molecule has 30 heavy (non-hydrogen) atoms. The van der Waals surface area contributed by atoms with E-state index in [1.54, 1.807) is 12.4 Å². The van der Waals surface area contributed by atoms with Gasteiger partial charge in [0.25, 0.3) is 0 Å². The van der Waals surface area contributed by atoms with Crippen molar-refractivity contribution in [2.45, 2.75) is 90.6 Å². The monoisotopic (exact) mass is 418 g/mol. The Labute approximate surface area is 180 Å². The van der Waals surface area contributed by atoms with E-state index in [0.717, 1.165) is 24.7 Å². The number of ether oxygens (including phenoxy) is 1. The first-order valence-electron chi connectivity index (χ1n) is 10.8. The molecule has 9 heteroatoms. The topological polar surface area (TPSA) is 85.8 Å². The summed E-state index contributed by atoms with van der Waals surface area (Å²) >= 11 is 0. The van der Waals surface area contributed by atoms with Crippen LogP contribution >= 0.6 is 0 Å². The molecule has 1 atom stereocenters. The molecular weight excluding hydrogens is 383 g/mol. The number of anilines is 1. The van der Waals surface area contributed by atoms with Gasteiger partial charge in [-0.05, 0) is 67.7 Å². The molecular formula is C21H35BN4O4. The molecule has 0 saturated carbocycles. The summed E-state index contributed by atoms with van der Waals surface area (Å²) in [5.41, 5.74) is -0.521. The number of amides is 1. The number of nitrogens with zero attached hydrogens (tertiary/aromatic N) is 3. The first-order valence-corrected chi connectivity index (χ1v) is 10.8. The highest BCUT2D eigenvalue weighted by Gasteiger charge is 2.52. The fraction of sp³-hybridized carbons (Fsp3) is 0.762. The third kappa shape index (κ3) is 5.24. The van der Waals surface area contributed by atoms with Crippen LogP contribution in [0, 0.1) is 0 Å². The van der Waals surface area contributed by atoms with Crippen molar-refractivity contribution in [2.24, 2.45) is 0 Å². The van der Waals surface area contributed by atoms with Crippen molar-refractivity contribution in [3.8, 4) is 0 Å².